The summed E-state index contributed by atoms with van der Waals surface area (Å²) in [5.41, 5.74) is 2.03. The Morgan fingerprint density at radius 3 is 2.90 bits per heavy atom. The summed E-state index contributed by atoms with van der Waals surface area (Å²) >= 11 is 0. The normalized spacial score (nSPS) is 22.1. The molecular weight excluding hydrogens is 262 g/mol. The van der Waals surface area contributed by atoms with Crippen LogP contribution < -0.4 is 10.6 Å². The molecule has 1 fully saturated rings. The number of hydrogen-bond acceptors (Lipinski definition) is 2. The zero-order valence-electron chi connectivity index (χ0n) is 13.4. The zero-order valence-corrected chi connectivity index (χ0v) is 13.4. The van der Waals surface area contributed by atoms with Crippen LogP contribution in [0.15, 0.2) is 24.3 Å². The molecule has 2 rings (SSSR count). The molecule has 0 spiro atoms. The highest BCUT2D eigenvalue weighted by Crippen LogP contribution is 2.18. The molecule has 2 amide bonds. The topological polar surface area (TPSA) is 44.4 Å². The molecule has 0 bridgehead atoms. The summed E-state index contributed by atoms with van der Waals surface area (Å²) in [4.78, 5) is 14.3. The fraction of sp³-hybridized carbons (Fsp3) is 0.588. The van der Waals surface area contributed by atoms with Crippen molar-refractivity contribution < 1.29 is 4.79 Å². The van der Waals surface area contributed by atoms with Crippen LogP contribution in [0.4, 0.5) is 10.5 Å². The molecule has 1 aliphatic rings. The third-order valence-corrected chi connectivity index (χ3v) is 4.12. The third-order valence-electron chi connectivity index (χ3n) is 4.12. The van der Waals surface area contributed by atoms with Gasteiger partial charge in [-0.1, -0.05) is 26.0 Å². The van der Waals surface area contributed by atoms with Gasteiger partial charge in [0.05, 0.1) is 0 Å². The minimum Gasteiger partial charge on any atom is -0.324 e. The molecule has 4 nitrogen and oxygen atoms in total. The second-order valence-corrected chi connectivity index (χ2v) is 6.07. The highest BCUT2D eigenvalue weighted by molar-refractivity contribution is 5.89. The zero-order chi connectivity index (χ0) is 15.2. The van der Waals surface area contributed by atoms with Gasteiger partial charge in [-0.15, -0.1) is 0 Å². The molecule has 2 unspecified atom stereocenters. The largest absolute Gasteiger partial charge is 0.324 e. The number of nitrogens with one attached hydrogen (secondary N) is 2. The van der Waals surface area contributed by atoms with Gasteiger partial charge in [-0.05, 0) is 49.9 Å². The van der Waals surface area contributed by atoms with Gasteiger partial charge in [-0.25, -0.2) is 4.79 Å². The molecule has 4 heteroatoms. The molecule has 0 saturated carbocycles. The molecule has 0 aromatic heterocycles. The van der Waals surface area contributed by atoms with Gasteiger partial charge in [-0.3, -0.25) is 0 Å². The number of anilines is 1. The third kappa shape index (κ3) is 4.46. The average molecular weight is 289 g/mol. The minimum atomic E-state index is 0.0152. The standard InChI is InChI=1S/C17H27N3O/c1-4-9-18-16-8-10-20(12-14(16)3)17(21)19-15-7-5-6-13(2)11-15/h5-7,11,14,16,18H,4,8-10,12H2,1-3H3,(H,19,21). The first-order chi connectivity index (χ1) is 10.1. The van der Waals surface area contributed by atoms with Crippen LogP contribution in [0.3, 0.4) is 0 Å². The van der Waals surface area contributed by atoms with Crippen molar-refractivity contribution in [3.8, 4) is 0 Å². The maximum absolute atomic E-state index is 12.3. The first-order valence-electron chi connectivity index (χ1n) is 7.96. The Morgan fingerprint density at radius 1 is 1.43 bits per heavy atom. The highest BCUT2D eigenvalue weighted by atomic mass is 16.2. The molecule has 1 aromatic carbocycles. The number of urea groups is 1. The Hall–Kier alpha value is -1.55. The molecule has 1 aromatic rings. The van der Waals surface area contributed by atoms with Gasteiger partial charge in [0.1, 0.15) is 0 Å². The van der Waals surface area contributed by atoms with Crippen molar-refractivity contribution in [2.24, 2.45) is 5.92 Å². The van der Waals surface area contributed by atoms with E-state index < -0.39 is 0 Å². The minimum absolute atomic E-state index is 0.0152. The number of nitrogens with zero attached hydrogens (tertiary/aromatic N) is 1. The van der Waals surface area contributed by atoms with Gasteiger partial charge in [0.25, 0.3) is 0 Å². The van der Waals surface area contributed by atoms with Crippen LogP contribution in [0.2, 0.25) is 0 Å². The van der Waals surface area contributed by atoms with Crippen molar-refractivity contribution in [1.29, 1.82) is 0 Å². The molecule has 1 aliphatic heterocycles. The molecular formula is C17H27N3O. The number of amides is 2. The monoisotopic (exact) mass is 289 g/mol. The Morgan fingerprint density at radius 2 is 2.24 bits per heavy atom. The number of benzene rings is 1. The van der Waals surface area contributed by atoms with Gasteiger partial charge < -0.3 is 15.5 Å². The van der Waals surface area contributed by atoms with Gasteiger partial charge in [0.15, 0.2) is 0 Å². The summed E-state index contributed by atoms with van der Waals surface area (Å²) in [6.07, 6.45) is 2.18. The SMILES string of the molecule is CCCNC1CCN(C(=O)Nc2cccc(C)c2)CC1C. The summed E-state index contributed by atoms with van der Waals surface area (Å²) in [7, 11) is 0. The molecule has 2 N–H and O–H groups in total. The van der Waals surface area contributed by atoms with E-state index in [0.717, 1.165) is 43.7 Å². The predicted molar refractivity (Wildman–Crippen MR) is 87.6 cm³/mol. The molecule has 2 atom stereocenters. The number of aryl methyl sites for hydroxylation is 1. The number of likely N-dealkylation sites (tertiary alicyclic amines) is 1. The van der Waals surface area contributed by atoms with Crippen molar-refractivity contribution in [1.82, 2.24) is 10.2 Å². The highest BCUT2D eigenvalue weighted by Gasteiger charge is 2.28. The average Bonchev–Trinajstić information content (AvgIpc) is 2.46. The van der Waals surface area contributed by atoms with E-state index in [9.17, 15) is 4.79 Å². The predicted octanol–water partition coefficient (Wildman–Crippen LogP) is 3.24. The Bertz CT molecular complexity index is 475. The van der Waals surface area contributed by atoms with E-state index in [1.54, 1.807) is 0 Å². The van der Waals surface area contributed by atoms with Crippen molar-refractivity contribution in [3.05, 3.63) is 29.8 Å². The first-order valence-corrected chi connectivity index (χ1v) is 7.96. The van der Waals surface area contributed by atoms with E-state index in [0.29, 0.717) is 12.0 Å². The lowest BCUT2D eigenvalue weighted by atomic mass is 9.94. The van der Waals surface area contributed by atoms with Crippen molar-refractivity contribution in [3.63, 3.8) is 0 Å². The summed E-state index contributed by atoms with van der Waals surface area (Å²) in [6, 6.07) is 8.48. The Balaban J connectivity index is 1.87. The molecule has 0 aliphatic carbocycles. The maximum Gasteiger partial charge on any atom is 0.321 e. The Kier molecular flexibility index (Phi) is 5.62. The summed E-state index contributed by atoms with van der Waals surface area (Å²) < 4.78 is 0. The van der Waals surface area contributed by atoms with E-state index in [2.05, 4.69) is 24.5 Å². The number of rotatable bonds is 4. The lowest BCUT2D eigenvalue weighted by Crippen LogP contribution is -2.51. The van der Waals surface area contributed by atoms with E-state index >= 15 is 0 Å². The van der Waals surface area contributed by atoms with Crippen LogP contribution >= 0.6 is 0 Å². The second-order valence-electron chi connectivity index (χ2n) is 6.07. The summed E-state index contributed by atoms with van der Waals surface area (Å²) in [5, 5.41) is 6.58. The summed E-state index contributed by atoms with van der Waals surface area (Å²) in [5.74, 6) is 0.494. The van der Waals surface area contributed by atoms with Crippen LogP contribution in [0.1, 0.15) is 32.3 Å². The quantitative estimate of drug-likeness (QED) is 0.893. The van der Waals surface area contributed by atoms with E-state index in [4.69, 9.17) is 0 Å². The van der Waals surface area contributed by atoms with E-state index in [-0.39, 0.29) is 6.03 Å². The number of piperidine rings is 1. The van der Waals surface area contributed by atoms with Crippen LogP contribution in [0.25, 0.3) is 0 Å². The maximum atomic E-state index is 12.3. The van der Waals surface area contributed by atoms with Gasteiger partial charge in [-0.2, -0.15) is 0 Å². The van der Waals surface area contributed by atoms with Crippen LogP contribution in [0.5, 0.6) is 0 Å². The molecule has 0 radical (unpaired) electrons. The molecule has 21 heavy (non-hydrogen) atoms. The smallest absolute Gasteiger partial charge is 0.321 e. The lowest BCUT2D eigenvalue weighted by Gasteiger charge is -2.37. The molecule has 1 heterocycles. The molecule has 1 saturated heterocycles. The van der Waals surface area contributed by atoms with Crippen LogP contribution in [-0.4, -0.2) is 36.6 Å². The first kappa shape index (κ1) is 15.8. The fourth-order valence-electron chi connectivity index (χ4n) is 2.89. The van der Waals surface area contributed by atoms with E-state index in [1.807, 2.05) is 36.1 Å². The number of hydrogen-bond donors (Lipinski definition) is 2. The van der Waals surface area contributed by atoms with Crippen LogP contribution in [0, 0.1) is 12.8 Å². The molecule has 116 valence electrons. The van der Waals surface area contributed by atoms with Crippen molar-refractivity contribution >= 4 is 11.7 Å². The van der Waals surface area contributed by atoms with Crippen molar-refractivity contribution in [2.45, 2.75) is 39.7 Å². The summed E-state index contributed by atoms with van der Waals surface area (Å²) in [6.45, 7) is 9.14. The lowest BCUT2D eigenvalue weighted by molar-refractivity contribution is 0.160. The number of carbonyl (C=O) groups is 1. The second kappa shape index (κ2) is 7.46. The van der Waals surface area contributed by atoms with Crippen molar-refractivity contribution in [2.75, 3.05) is 25.0 Å². The van der Waals surface area contributed by atoms with Gasteiger partial charge in [0.2, 0.25) is 0 Å². The Labute approximate surface area is 127 Å². The van der Waals surface area contributed by atoms with Gasteiger partial charge >= 0.3 is 6.03 Å². The van der Waals surface area contributed by atoms with Gasteiger partial charge in [0, 0.05) is 24.8 Å². The van der Waals surface area contributed by atoms with E-state index in [1.165, 1.54) is 0 Å². The number of carbonyl (C=O) groups excluding carboxylic acids is 1. The van der Waals surface area contributed by atoms with Crippen LogP contribution in [-0.2, 0) is 0 Å². The fourth-order valence-corrected chi connectivity index (χ4v) is 2.89.